The molecule has 0 radical (unpaired) electrons. The van der Waals surface area contributed by atoms with Crippen LogP contribution in [0.2, 0.25) is 0 Å². The third-order valence-electron chi connectivity index (χ3n) is 1.89. The lowest BCUT2D eigenvalue weighted by molar-refractivity contribution is -0.305. The van der Waals surface area contributed by atoms with Gasteiger partial charge in [0.2, 0.25) is 0 Å². The quantitative estimate of drug-likeness (QED) is 0.683. The van der Waals surface area contributed by atoms with E-state index in [1.807, 2.05) is 0 Å². The first-order chi connectivity index (χ1) is 9.00. The fourth-order valence-corrected chi connectivity index (χ4v) is 1.18. The Labute approximate surface area is 113 Å². The summed E-state index contributed by atoms with van der Waals surface area (Å²) in [4.78, 5) is 33.5. The molecule has 0 aliphatic heterocycles. The molecule has 1 atom stereocenters. The third kappa shape index (κ3) is 8.87. The maximum absolute atomic E-state index is 11.6. The van der Waals surface area contributed by atoms with Crippen LogP contribution in [-0.4, -0.2) is 36.8 Å². The van der Waals surface area contributed by atoms with Gasteiger partial charge < -0.3 is 24.7 Å². The van der Waals surface area contributed by atoms with Crippen LogP contribution in [0.15, 0.2) is 0 Å². The van der Waals surface area contributed by atoms with Gasteiger partial charge in [0.15, 0.2) is 0 Å². The van der Waals surface area contributed by atoms with E-state index in [0.717, 1.165) is 7.11 Å². The molecular formula is C12H20NO6-. The van der Waals surface area contributed by atoms with Crippen LogP contribution >= 0.6 is 0 Å². The van der Waals surface area contributed by atoms with E-state index in [0.29, 0.717) is 0 Å². The molecule has 0 saturated carbocycles. The minimum Gasteiger partial charge on any atom is -0.550 e. The molecule has 0 fully saturated rings. The van der Waals surface area contributed by atoms with Crippen molar-refractivity contribution in [1.29, 1.82) is 0 Å². The Bertz CT molecular complexity index is 379. The van der Waals surface area contributed by atoms with Gasteiger partial charge in [0.25, 0.3) is 0 Å². The van der Waals surface area contributed by atoms with Crippen molar-refractivity contribution in [2.75, 3.05) is 7.11 Å². The van der Waals surface area contributed by atoms with Crippen molar-refractivity contribution < 1.29 is 30.3 Å². The Morgan fingerprint density at radius 2 is 1.95 bits per heavy atom. The van der Waals surface area contributed by atoms with Crippen LogP contribution in [-0.2, 0) is 19.1 Å². The number of amides is 1. The van der Waals surface area contributed by atoms with Gasteiger partial charge >= 0.3 is 12.1 Å². The van der Waals surface area contributed by atoms with Crippen LogP contribution in [0.25, 0.3) is 0 Å². The van der Waals surface area contributed by atoms with Crippen molar-refractivity contribution in [1.82, 2.24) is 5.32 Å². The average molecular weight is 275 g/mol. The molecule has 0 spiro atoms. The Hall–Kier alpha value is -1.79. The second-order valence-corrected chi connectivity index (χ2v) is 4.82. The van der Waals surface area contributed by atoms with E-state index in [9.17, 15) is 19.5 Å². The molecule has 19 heavy (non-hydrogen) atoms. The summed E-state index contributed by atoms with van der Waals surface area (Å²) in [5.74, 6) is -2.30. The number of carbonyl (C=O) groups excluding carboxylic acids is 3. The van der Waals surface area contributed by atoms with E-state index in [2.05, 4.69) is 10.1 Å². The third-order valence-corrected chi connectivity index (χ3v) is 1.89. The molecule has 110 valence electrons. The van der Waals surface area contributed by atoms with Crippen LogP contribution in [0.1, 0.15) is 41.4 Å². The number of carbonyl (C=O) groups is 3. The molecule has 0 heterocycles. The molecule has 1 unspecified atom stereocenters. The van der Waals surface area contributed by atoms with Crippen LogP contribution < -0.4 is 10.4 Å². The summed E-state index contributed by atoms with van der Waals surface area (Å²) in [6, 6.07) is -2.09. The van der Waals surface area contributed by atoms with Crippen molar-refractivity contribution in [2.24, 2.45) is 0 Å². The Balaban J connectivity index is 4.74. The lowest BCUT2D eigenvalue weighted by Gasteiger charge is -2.22. The van der Waals surface area contributed by atoms with Gasteiger partial charge in [-0.2, -0.15) is 0 Å². The summed E-state index contributed by atoms with van der Waals surface area (Å²) >= 11 is 0. The molecule has 1 amide bonds. The van der Waals surface area contributed by atoms with Gasteiger partial charge in [0, 0.05) is 5.97 Å². The van der Waals surface area contributed by atoms with Gasteiger partial charge in [-0.1, -0.05) is 0 Å². The smallest absolute Gasteiger partial charge is 0.408 e. The monoisotopic (exact) mass is 275 g/mol. The second kappa shape index (κ2) is 7.60. The summed E-state index contributed by atoms with van der Waals surface area (Å²) < 4.78 is 17.3. The van der Waals surface area contributed by atoms with E-state index in [-0.39, 0.29) is 19.3 Å². The van der Waals surface area contributed by atoms with E-state index < -0.39 is 29.7 Å². The largest absolute Gasteiger partial charge is 0.550 e. The molecule has 1 N–H and O–H groups in total. The predicted molar refractivity (Wildman–Crippen MR) is 64.0 cm³/mol. The highest BCUT2D eigenvalue weighted by molar-refractivity contribution is 5.81. The van der Waals surface area contributed by atoms with Gasteiger partial charge in [-0.15, -0.1) is 0 Å². The highest BCUT2D eigenvalue weighted by Gasteiger charge is 2.24. The second-order valence-electron chi connectivity index (χ2n) is 4.82. The Morgan fingerprint density at radius 1 is 1.37 bits per heavy atom. The van der Waals surface area contributed by atoms with E-state index >= 15 is 0 Å². The predicted octanol–water partition coefficient (Wildman–Crippen LogP) is -0.0271. The van der Waals surface area contributed by atoms with Crippen molar-refractivity contribution in [3.63, 3.8) is 0 Å². The van der Waals surface area contributed by atoms with Crippen molar-refractivity contribution in [2.45, 2.75) is 51.7 Å². The highest BCUT2D eigenvalue weighted by Crippen LogP contribution is 2.08. The number of carboxylic acid groups (broad SMARTS) is 1. The molecule has 0 bridgehead atoms. The highest BCUT2D eigenvalue weighted by atomic mass is 16.6. The van der Waals surface area contributed by atoms with Crippen LogP contribution in [0.3, 0.4) is 0 Å². The molecule has 0 rings (SSSR count). The minimum absolute atomic E-state index is 0.0171. The number of esters is 1. The molecule has 7 nitrogen and oxygen atoms in total. The number of aliphatic carboxylic acids is 1. The SMILES string of the molecule is [2H]C(CCCC(=O)[O-])(NC(=O)OC(C)(C)C)C(=O)OC. The topological polar surface area (TPSA) is 105 Å². The minimum atomic E-state index is -2.09. The fraction of sp³-hybridized carbons (Fsp3) is 0.750. The number of ether oxygens (including phenoxy) is 2. The van der Waals surface area contributed by atoms with Crippen LogP contribution in [0.5, 0.6) is 0 Å². The molecule has 0 aromatic rings. The number of nitrogens with one attached hydrogen (secondary N) is 1. The maximum Gasteiger partial charge on any atom is 0.408 e. The molecule has 0 aliphatic rings. The number of rotatable bonds is 6. The lowest BCUT2D eigenvalue weighted by atomic mass is 10.1. The van der Waals surface area contributed by atoms with Crippen molar-refractivity contribution >= 4 is 18.0 Å². The first-order valence-electron chi connectivity index (χ1n) is 6.29. The van der Waals surface area contributed by atoms with E-state index in [4.69, 9.17) is 6.11 Å². The van der Waals surface area contributed by atoms with Crippen molar-refractivity contribution in [3.8, 4) is 0 Å². The summed E-state index contributed by atoms with van der Waals surface area (Å²) in [6.07, 6.45) is -1.52. The van der Waals surface area contributed by atoms with Crippen molar-refractivity contribution in [3.05, 3.63) is 0 Å². The molecule has 7 heteroatoms. The maximum atomic E-state index is 11.6. The number of alkyl carbamates (subject to hydrolysis) is 1. The number of carboxylic acids is 1. The number of methoxy groups -OCH3 is 1. The van der Waals surface area contributed by atoms with Gasteiger partial charge in [-0.05, 0) is 40.0 Å². The fourth-order valence-electron chi connectivity index (χ4n) is 1.18. The first-order valence-corrected chi connectivity index (χ1v) is 5.79. The zero-order valence-electron chi connectivity index (χ0n) is 12.6. The van der Waals surface area contributed by atoms with Gasteiger partial charge in [-0.25, -0.2) is 9.59 Å². The number of hydrogen-bond donors (Lipinski definition) is 1. The number of hydrogen-bond acceptors (Lipinski definition) is 6. The van der Waals surface area contributed by atoms with Gasteiger partial charge in [0.05, 0.1) is 8.48 Å². The molecular weight excluding hydrogens is 254 g/mol. The molecule has 0 saturated heterocycles. The van der Waals surface area contributed by atoms with E-state index in [1.54, 1.807) is 20.8 Å². The van der Waals surface area contributed by atoms with Crippen LogP contribution in [0, 0.1) is 0 Å². The Kier molecular flexibility index (Phi) is 6.11. The van der Waals surface area contributed by atoms with Gasteiger partial charge in [-0.3, -0.25) is 0 Å². The first kappa shape index (κ1) is 15.3. The summed E-state index contributed by atoms with van der Waals surface area (Å²) in [7, 11) is 1.07. The summed E-state index contributed by atoms with van der Waals surface area (Å²) in [5.41, 5.74) is -0.786. The Morgan fingerprint density at radius 3 is 2.37 bits per heavy atom. The van der Waals surface area contributed by atoms with Crippen LogP contribution in [0.4, 0.5) is 4.79 Å². The lowest BCUT2D eigenvalue weighted by Crippen LogP contribution is -2.44. The zero-order chi connectivity index (χ0) is 16.0. The normalized spacial score (nSPS) is 14.8. The molecule has 0 aliphatic carbocycles. The summed E-state index contributed by atoms with van der Waals surface area (Å²) in [5, 5.41) is 12.4. The molecule has 0 aromatic heterocycles. The summed E-state index contributed by atoms with van der Waals surface area (Å²) in [6.45, 7) is 4.89. The van der Waals surface area contributed by atoms with Gasteiger partial charge in [0.1, 0.15) is 11.6 Å². The average Bonchev–Trinajstić information content (AvgIpc) is 2.24. The van der Waals surface area contributed by atoms with E-state index in [1.165, 1.54) is 0 Å². The molecule has 0 aromatic carbocycles. The zero-order valence-corrected chi connectivity index (χ0v) is 11.6. The standard InChI is InChI=1S/C12H21NO6/c1-12(2,3)19-11(17)13-8(10(16)18-4)6-5-7-9(14)15/h8H,5-7H2,1-4H3,(H,13,17)(H,14,15)/p-1/i8D.